The first-order valence-corrected chi connectivity index (χ1v) is 11.5. The molecule has 0 spiro atoms. The van der Waals surface area contributed by atoms with Gasteiger partial charge in [-0.3, -0.25) is 4.79 Å². The second kappa shape index (κ2) is 9.81. The van der Waals surface area contributed by atoms with E-state index in [0.717, 1.165) is 49.7 Å². The molecule has 1 aromatic carbocycles. The Morgan fingerprint density at radius 2 is 1.97 bits per heavy atom. The molecule has 172 valence electrons. The molecule has 4 rings (SSSR count). The highest BCUT2D eigenvalue weighted by molar-refractivity contribution is 5.77. The van der Waals surface area contributed by atoms with Gasteiger partial charge in [0, 0.05) is 71.1 Å². The number of likely N-dealkylation sites (tertiary alicyclic amines) is 1. The van der Waals surface area contributed by atoms with Gasteiger partial charge in [-0.2, -0.15) is 0 Å². The molecule has 1 saturated heterocycles. The van der Waals surface area contributed by atoms with Crippen molar-refractivity contribution in [1.82, 2.24) is 19.8 Å². The monoisotopic (exact) mass is 440 g/mol. The zero-order chi connectivity index (χ0) is 22.7. The lowest BCUT2D eigenvalue weighted by Crippen LogP contribution is -2.39. The van der Waals surface area contributed by atoms with Crippen LogP contribution in [0.25, 0.3) is 0 Å². The highest BCUT2D eigenvalue weighted by atomic mass is 19.1. The number of rotatable bonds is 6. The van der Waals surface area contributed by atoms with E-state index in [1.807, 2.05) is 25.1 Å². The number of carbonyl (C=O) groups excluding carboxylic acids is 1. The van der Waals surface area contributed by atoms with Crippen molar-refractivity contribution in [2.75, 3.05) is 57.5 Å². The van der Waals surface area contributed by atoms with Crippen molar-refractivity contribution >= 4 is 17.4 Å². The molecule has 7 nitrogen and oxygen atoms in total. The molecule has 0 radical (unpaired) electrons. The highest BCUT2D eigenvalue weighted by Gasteiger charge is 2.28. The van der Waals surface area contributed by atoms with E-state index in [2.05, 4.69) is 17.3 Å². The van der Waals surface area contributed by atoms with Crippen molar-refractivity contribution in [3.63, 3.8) is 0 Å². The smallest absolute Gasteiger partial charge is 0.224 e. The number of halogens is 1. The Hall–Kier alpha value is -2.74. The molecular formula is C24H33FN6O. The van der Waals surface area contributed by atoms with E-state index >= 15 is 0 Å². The largest absolute Gasteiger partial charge is 0.373 e. The number of piperidine rings is 1. The van der Waals surface area contributed by atoms with Gasteiger partial charge in [0.25, 0.3) is 0 Å². The summed E-state index contributed by atoms with van der Waals surface area (Å²) >= 11 is 0. The first-order valence-electron chi connectivity index (χ1n) is 11.5. The Morgan fingerprint density at radius 1 is 1.22 bits per heavy atom. The van der Waals surface area contributed by atoms with Crippen molar-refractivity contribution in [2.45, 2.75) is 38.1 Å². The summed E-state index contributed by atoms with van der Waals surface area (Å²) in [7, 11) is 5.86. The lowest BCUT2D eigenvalue weighted by molar-refractivity contribution is -0.132. The van der Waals surface area contributed by atoms with Crippen LogP contribution in [0.2, 0.25) is 0 Å². The van der Waals surface area contributed by atoms with Crippen LogP contribution in [0.5, 0.6) is 0 Å². The number of likely N-dealkylation sites (N-methyl/N-ethyl adjacent to an activating group) is 1. The fourth-order valence-corrected chi connectivity index (χ4v) is 4.65. The number of amides is 1. The van der Waals surface area contributed by atoms with E-state index in [1.54, 1.807) is 17.0 Å². The molecule has 0 bridgehead atoms. The molecule has 2 aromatic rings. The van der Waals surface area contributed by atoms with Crippen molar-refractivity contribution < 1.29 is 9.18 Å². The molecule has 1 aromatic heterocycles. The molecule has 32 heavy (non-hydrogen) atoms. The van der Waals surface area contributed by atoms with Gasteiger partial charge in [0.2, 0.25) is 5.91 Å². The number of fused-ring (bicyclic) bond motifs is 1. The van der Waals surface area contributed by atoms with Gasteiger partial charge in [0.1, 0.15) is 17.5 Å². The first kappa shape index (κ1) is 22.5. The Bertz CT molecular complexity index is 942. The number of hydrogen-bond acceptors (Lipinski definition) is 6. The summed E-state index contributed by atoms with van der Waals surface area (Å²) in [5, 5.41) is 3.25. The van der Waals surface area contributed by atoms with Crippen molar-refractivity contribution in [1.29, 1.82) is 0 Å². The van der Waals surface area contributed by atoms with E-state index in [1.165, 1.54) is 11.6 Å². The number of nitrogens with zero attached hydrogens (tertiary/aromatic N) is 5. The van der Waals surface area contributed by atoms with Crippen LogP contribution in [0.15, 0.2) is 24.3 Å². The summed E-state index contributed by atoms with van der Waals surface area (Å²) in [4.78, 5) is 28.5. The zero-order valence-corrected chi connectivity index (χ0v) is 19.3. The molecule has 3 heterocycles. The molecule has 0 unspecified atom stereocenters. The van der Waals surface area contributed by atoms with E-state index in [9.17, 15) is 9.18 Å². The number of aromatic nitrogens is 2. The van der Waals surface area contributed by atoms with Gasteiger partial charge in [-0.1, -0.05) is 12.1 Å². The average molecular weight is 441 g/mol. The number of para-hydroxylation sites is 1. The average Bonchev–Trinajstić information content (AvgIpc) is 2.82. The normalized spacial score (nSPS) is 17.2. The van der Waals surface area contributed by atoms with Crippen LogP contribution in [0, 0.1) is 5.82 Å². The Labute approximate surface area is 189 Å². The maximum absolute atomic E-state index is 13.9. The van der Waals surface area contributed by atoms with Gasteiger partial charge in [-0.05, 0) is 32.0 Å². The minimum absolute atomic E-state index is 0.122. The standard InChI is InChI=1S/C24H33FN6O/c1-26-24-18-16-29(2)12-10-20(18)27-23(28-24)17-8-14-31(15-9-17)22(32)11-13-30(3)21-7-5-4-6-19(21)25/h4-7,17H,8-16H2,1-3H3,(H,26,27,28). The lowest BCUT2D eigenvalue weighted by atomic mass is 9.95. The van der Waals surface area contributed by atoms with E-state index in [-0.39, 0.29) is 17.6 Å². The molecule has 0 atom stereocenters. The molecular weight excluding hydrogens is 407 g/mol. The van der Waals surface area contributed by atoms with Crippen LogP contribution in [-0.4, -0.2) is 73.0 Å². The van der Waals surface area contributed by atoms with Gasteiger partial charge < -0.3 is 20.0 Å². The van der Waals surface area contributed by atoms with E-state index < -0.39 is 0 Å². The van der Waals surface area contributed by atoms with Crippen LogP contribution < -0.4 is 10.2 Å². The summed E-state index contributed by atoms with van der Waals surface area (Å²) < 4.78 is 13.9. The predicted octanol–water partition coefficient (Wildman–Crippen LogP) is 2.88. The molecule has 0 aliphatic carbocycles. The molecule has 1 N–H and O–H groups in total. The van der Waals surface area contributed by atoms with Crippen molar-refractivity contribution in [3.8, 4) is 0 Å². The number of carbonyl (C=O) groups is 1. The van der Waals surface area contributed by atoms with Gasteiger partial charge in [-0.25, -0.2) is 14.4 Å². The maximum atomic E-state index is 13.9. The SMILES string of the molecule is CNc1nc(C2CCN(C(=O)CCN(C)c3ccccc3F)CC2)nc2c1CN(C)CC2. The van der Waals surface area contributed by atoms with Crippen LogP contribution in [0.4, 0.5) is 15.9 Å². The number of anilines is 2. The third-order valence-corrected chi connectivity index (χ3v) is 6.64. The fourth-order valence-electron chi connectivity index (χ4n) is 4.65. The first-order chi connectivity index (χ1) is 15.5. The lowest BCUT2D eigenvalue weighted by Gasteiger charge is -2.33. The van der Waals surface area contributed by atoms with Crippen LogP contribution >= 0.6 is 0 Å². The molecule has 2 aliphatic heterocycles. The molecule has 1 fully saturated rings. The van der Waals surface area contributed by atoms with Gasteiger partial charge in [-0.15, -0.1) is 0 Å². The quantitative estimate of drug-likeness (QED) is 0.745. The molecule has 0 saturated carbocycles. The summed E-state index contributed by atoms with van der Waals surface area (Å²) in [6, 6.07) is 6.66. The van der Waals surface area contributed by atoms with E-state index in [4.69, 9.17) is 9.97 Å². The summed E-state index contributed by atoms with van der Waals surface area (Å²) in [6.45, 7) is 3.81. The highest BCUT2D eigenvalue weighted by Crippen LogP contribution is 2.30. The van der Waals surface area contributed by atoms with Crippen molar-refractivity contribution in [3.05, 3.63) is 47.2 Å². The second-order valence-corrected chi connectivity index (χ2v) is 8.87. The molecule has 2 aliphatic rings. The van der Waals surface area contributed by atoms with Gasteiger partial charge in [0.15, 0.2) is 0 Å². The molecule has 1 amide bonds. The Balaban J connectivity index is 1.33. The second-order valence-electron chi connectivity index (χ2n) is 8.87. The third-order valence-electron chi connectivity index (χ3n) is 6.64. The number of hydrogen-bond donors (Lipinski definition) is 1. The van der Waals surface area contributed by atoms with Crippen LogP contribution in [0.3, 0.4) is 0 Å². The summed E-state index contributed by atoms with van der Waals surface area (Å²) in [5.74, 6) is 1.98. The number of benzene rings is 1. The predicted molar refractivity (Wildman–Crippen MR) is 124 cm³/mol. The maximum Gasteiger partial charge on any atom is 0.224 e. The van der Waals surface area contributed by atoms with Gasteiger partial charge >= 0.3 is 0 Å². The summed E-state index contributed by atoms with van der Waals surface area (Å²) in [5.41, 5.74) is 2.89. The minimum Gasteiger partial charge on any atom is -0.373 e. The van der Waals surface area contributed by atoms with Crippen LogP contribution in [-0.2, 0) is 17.8 Å². The van der Waals surface area contributed by atoms with Gasteiger partial charge in [0.05, 0.1) is 11.4 Å². The Morgan fingerprint density at radius 3 is 2.69 bits per heavy atom. The van der Waals surface area contributed by atoms with Crippen LogP contribution in [0.1, 0.15) is 42.3 Å². The molecule has 8 heteroatoms. The topological polar surface area (TPSA) is 64.6 Å². The zero-order valence-electron chi connectivity index (χ0n) is 19.3. The number of nitrogens with one attached hydrogen (secondary N) is 1. The van der Waals surface area contributed by atoms with E-state index in [0.29, 0.717) is 31.7 Å². The minimum atomic E-state index is -0.263. The fraction of sp³-hybridized carbons (Fsp3) is 0.542. The third kappa shape index (κ3) is 4.85. The Kier molecular flexibility index (Phi) is 6.89. The summed E-state index contributed by atoms with van der Waals surface area (Å²) in [6.07, 6.45) is 3.07. The van der Waals surface area contributed by atoms with Crippen molar-refractivity contribution in [2.24, 2.45) is 0 Å².